The van der Waals surface area contributed by atoms with Crippen molar-refractivity contribution in [3.05, 3.63) is 96.8 Å². The number of fused-ring (bicyclic) bond motifs is 1. The average molecular weight is 703 g/mol. The van der Waals surface area contributed by atoms with Crippen LogP contribution in [0.15, 0.2) is 82.1 Å². The van der Waals surface area contributed by atoms with Crippen LogP contribution in [0.5, 0.6) is 0 Å². The first-order valence-electron chi connectivity index (χ1n) is 10.5. The van der Waals surface area contributed by atoms with E-state index in [-0.39, 0.29) is 16.2 Å². The molecule has 2 heterocycles. The summed E-state index contributed by atoms with van der Waals surface area (Å²) in [5.41, 5.74) is 1.21. The molecule has 2 aromatic carbocycles. The third-order valence-corrected chi connectivity index (χ3v) is 8.81. The summed E-state index contributed by atoms with van der Waals surface area (Å²) in [6.07, 6.45) is 6.36. The average Bonchev–Trinajstić information content (AvgIpc) is 3.30. The molecule has 1 amide bonds. The summed E-state index contributed by atoms with van der Waals surface area (Å²) in [5, 5.41) is 12.4. The maximum Gasteiger partial charge on any atom is 0.326 e. The number of benzene rings is 2. The normalized spacial score (nSPS) is 16.2. The van der Waals surface area contributed by atoms with Crippen LogP contribution in [0, 0.1) is 3.57 Å². The van der Waals surface area contributed by atoms with Gasteiger partial charge in [-0.15, -0.1) is 0 Å². The zero-order chi connectivity index (χ0) is 26.0. The molecule has 13 heteroatoms. The molecule has 2 aliphatic heterocycles. The fourth-order valence-corrected chi connectivity index (χ4v) is 6.55. The van der Waals surface area contributed by atoms with E-state index in [1.807, 2.05) is 28.7 Å². The largest absolute Gasteiger partial charge is 0.480 e. The number of sulfonamides is 1. The van der Waals surface area contributed by atoms with Crippen LogP contribution < -0.4 is 14.8 Å². The molecule has 0 bridgehead atoms. The molecule has 4 rings (SSSR count). The highest BCUT2D eigenvalue weighted by Crippen LogP contribution is 2.34. The third-order valence-electron chi connectivity index (χ3n) is 5.49. The van der Waals surface area contributed by atoms with Gasteiger partial charge in [0.1, 0.15) is 10.9 Å². The standard InChI is InChI=1S/C23H20BrIN4O5S2/c1-13(14-4-2-5-15(24)10-14)21(23(31)32)27-22(30)17-8-7-16(25)11-18(17)28-36(33,34)20-6-3-9-29-19(20)12-26-35-29/h2-13,21,26,28H,1H3,(H,27,30)(H,31,32). The summed E-state index contributed by atoms with van der Waals surface area (Å²) in [4.78, 5) is 25.4. The lowest BCUT2D eigenvalue weighted by molar-refractivity contribution is -0.139. The van der Waals surface area contributed by atoms with E-state index in [9.17, 15) is 23.1 Å². The Morgan fingerprint density at radius 3 is 2.72 bits per heavy atom. The molecule has 0 aromatic heterocycles. The van der Waals surface area contributed by atoms with Crippen molar-refractivity contribution in [3.63, 3.8) is 0 Å². The van der Waals surface area contributed by atoms with Crippen LogP contribution in [0.1, 0.15) is 28.8 Å². The van der Waals surface area contributed by atoms with E-state index in [1.165, 1.54) is 30.3 Å². The highest BCUT2D eigenvalue weighted by atomic mass is 127. The lowest BCUT2D eigenvalue weighted by Gasteiger charge is -2.23. The number of carboxylic acids is 1. The Kier molecular flexibility index (Phi) is 8.02. The molecule has 2 atom stereocenters. The van der Waals surface area contributed by atoms with Gasteiger partial charge in [0.2, 0.25) is 0 Å². The minimum atomic E-state index is -4.08. The van der Waals surface area contributed by atoms with Gasteiger partial charge in [0, 0.05) is 26.4 Å². The van der Waals surface area contributed by atoms with E-state index >= 15 is 0 Å². The summed E-state index contributed by atoms with van der Waals surface area (Å²) in [7, 11) is -4.08. The molecule has 36 heavy (non-hydrogen) atoms. The highest BCUT2D eigenvalue weighted by Gasteiger charge is 2.32. The van der Waals surface area contributed by atoms with Crippen molar-refractivity contribution in [2.45, 2.75) is 18.9 Å². The number of aliphatic carboxylic acids is 1. The Morgan fingerprint density at radius 1 is 1.22 bits per heavy atom. The molecule has 4 N–H and O–H groups in total. The molecule has 9 nitrogen and oxygen atoms in total. The van der Waals surface area contributed by atoms with E-state index in [0.717, 1.165) is 10.0 Å². The molecule has 2 unspecified atom stereocenters. The summed E-state index contributed by atoms with van der Waals surface area (Å²) in [5.74, 6) is -2.48. The fraction of sp³-hybridized carbons (Fsp3) is 0.130. The molecule has 2 aliphatic rings. The Bertz CT molecular complexity index is 1430. The van der Waals surface area contributed by atoms with Gasteiger partial charge in [0.25, 0.3) is 15.9 Å². The first kappa shape index (κ1) is 26.6. The first-order chi connectivity index (χ1) is 17.1. The van der Waals surface area contributed by atoms with Crippen LogP contribution in [0.3, 0.4) is 0 Å². The number of carbonyl (C=O) groups excluding carboxylic acids is 1. The van der Waals surface area contributed by atoms with Crippen LogP contribution in [0.25, 0.3) is 0 Å². The number of rotatable bonds is 8. The fourth-order valence-electron chi connectivity index (χ4n) is 3.66. The van der Waals surface area contributed by atoms with Crippen LogP contribution in [-0.4, -0.2) is 35.7 Å². The number of nitrogens with zero attached hydrogens (tertiary/aromatic N) is 1. The Labute approximate surface area is 234 Å². The van der Waals surface area contributed by atoms with Gasteiger partial charge in [-0.25, -0.2) is 13.2 Å². The zero-order valence-corrected chi connectivity index (χ0v) is 24.0. The van der Waals surface area contributed by atoms with Gasteiger partial charge in [0.05, 0.1) is 29.1 Å². The van der Waals surface area contributed by atoms with Crippen molar-refractivity contribution in [1.82, 2.24) is 14.3 Å². The minimum Gasteiger partial charge on any atom is -0.480 e. The number of allylic oxidation sites excluding steroid dienone is 2. The Balaban J connectivity index is 1.62. The van der Waals surface area contributed by atoms with Gasteiger partial charge in [-0.2, -0.15) is 0 Å². The molecule has 2 aromatic rings. The minimum absolute atomic E-state index is 0.00314. The molecular formula is C23H20BrIN4O5S2. The number of nitrogens with one attached hydrogen (secondary N) is 3. The van der Waals surface area contributed by atoms with E-state index in [4.69, 9.17) is 0 Å². The number of hydrogen-bond donors (Lipinski definition) is 4. The zero-order valence-electron chi connectivity index (χ0n) is 18.6. The maximum atomic E-state index is 13.3. The van der Waals surface area contributed by atoms with Crippen LogP contribution in [0.4, 0.5) is 5.69 Å². The van der Waals surface area contributed by atoms with Gasteiger partial charge in [-0.1, -0.05) is 35.0 Å². The van der Waals surface area contributed by atoms with E-state index in [2.05, 4.69) is 30.7 Å². The number of hydrogen-bond acceptors (Lipinski definition) is 7. The van der Waals surface area contributed by atoms with Crippen LogP contribution >= 0.6 is 50.7 Å². The lowest BCUT2D eigenvalue weighted by Crippen LogP contribution is -2.44. The molecule has 0 saturated heterocycles. The van der Waals surface area contributed by atoms with Gasteiger partial charge in [0.15, 0.2) is 0 Å². The third kappa shape index (κ3) is 5.74. The molecule has 0 saturated carbocycles. The second-order valence-corrected chi connectivity index (χ2v) is 12.5. The highest BCUT2D eigenvalue weighted by molar-refractivity contribution is 14.1. The second kappa shape index (κ2) is 10.9. The quantitative estimate of drug-likeness (QED) is 0.234. The van der Waals surface area contributed by atoms with Gasteiger partial charge >= 0.3 is 5.97 Å². The number of halogens is 2. The predicted molar refractivity (Wildman–Crippen MR) is 151 cm³/mol. The van der Waals surface area contributed by atoms with Gasteiger partial charge in [-0.3, -0.25) is 13.8 Å². The number of carboxylic acid groups (broad SMARTS) is 1. The molecular weight excluding hydrogens is 683 g/mol. The van der Waals surface area contributed by atoms with Crippen molar-refractivity contribution < 1.29 is 23.1 Å². The monoisotopic (exact) mass is 702 g/mol. The van der Waals surface area contributed by atoms with E-state index < -0.39 is 33.9 Å². The van der Waals surface area contributed by atoms with Gasteiger partial charge in [-0.05, 0) is 70.6 Å². The first-order valence-corrected chi connectivity index (χ1v) is 14.6. The van der Waals surface area contributed by atoms with Crippen LogP contribution in [0.2, 0.25) is 0 Å². The Morgan fingerprint density at radius 2 is 2.00 bits per heavy atom. The lowest BCUT2D eigenvalue weighted by atomic mass is 9.93. The smallest absolute Gasteiger partial charge is 0.326 e. The molecule has 188 valence electrons. The summed E-state index contributed by atoms with van der Waals surface area (Å²) >= 11 is 6.61. The molecule has 0 aliphatic carbocycles. The molecule has 0 radical (unpaired) electrons. The summed E-state index contributed by atoms with van der Waals surface area (Å²) < 4.78 is 35.1. The van der Waals surface area contributed by atoms with Crippen LogP contribution in [-0.2, 0) is 14.8 Å². The number of amides is 1. The van der Waals surface area contributed by atoms with E-state index in [1.54, 1.807) is 54.0 Å². The van der Waals surface area contributed by atoms with Gasteiger partial charge < -0.3 is 15.1 Å². The molecule has 0 spiro atoms. The molecule has 0 fully saturated rings. The van der Waals surface area contributed by atoms with Crippen molar-refractivity contribution >= 4 is 78.2 Å². The van der Waals surface area contributed by atoms with Crippen molar-refractivity contribution in [3.8, 4) is 0 Å². The summed E-state index contributed by atoms with van der Waals surface area (Å²) in [6.45, 7) is 1.70. The maximum absolute atomic E-state index is 13.3. The second-order valence-electron chi connectivity index (χ2n) is 7.87. The SMILES string of the molecule is CC(c1cccc(Br)c1)C(NC(=O)c1ccc(I)cc1NS(=O)(=O)C1=CC=CN2SNC=C12)C(=O)O. The van der Waals surface area contributed by atoms with Crippen molar-refractivity contribution in [2.24, 2.45) is 0 Å². The number of carbonyl (C=O) groups is 2. The van der Waals surface area contributed by atoms with Crippen molar-refractivity contribution in [2.75, 3.05) is 4.72 Å². The predicted octanol–water partition coefficient (Wildman–Crippen LogP) is 4.50. The number of anilines is 1. The summed E-state index contributed by atoms with van der Waals surface area (Å²) in [6, 6.07) is 10.6. The topological polar surface area (TPSA) is 128 Å². The van der Waals surface area contributed by atoms with Crippen molar-refractivity contribution in [1.29, 1.82) is 0 Å². The Hall–Kier alpha value is -2.49. The van der Waals surface area contributed by atoms with E-state index in [0.29, 0.717) is 9.27 Å².